The van der Waals surface area contributed by atoms with Gasteiger partial charge in [0.1, 0.15) is 12.4 Å². The molecule has 29 heavy (non-hydrogen) atoms. The number of nitrogens with one attached hydrogen (secondary N) is 2. The molecule has 0 spiro atoms. The third-order valence-electron chi connectivity index (χ3n) is 4.91. The summed E-state index contributed by atoms with van der Waals surface area (Å²) < 4.78 is 11.0. The van der Waals surface area contributed by atoms with E-state index in [0.717, 1.165) is 36.8 Å². The second-order valence-electron chi connectivity index (χ2n) is 7.33. The van der Waals surface area contributed by atoms with Crippen LogP contribution in [0.25, 0.3) is 0 Å². The van der Waals surface area contributed by atoms with Gasteiger partial charge >= 0.3 is 0 Å². The molecule has 2 rings (SSSR count). The molecular weight excluding hydrogens is 479 g/mol. The van der Waals surface area contributed by atoms with Crippen LogP contribution in [-0.4, -0.2) is 63.9 Å². The minimum Gasteiger partial charge on any atom is -0.491 e. The predicted molar refractivity (Wildman–Crippen MR) is 132 cm³/mol. The van der Waals surface area contributed by atoms with E-state index < -0.39 is 0 Å². The van der Waals surface area contributed by atoms with Crippen LogP contribution in [0.5, 0.6) is 5.75 Å². The standard InChI is InChI=1S/C22H38N4O2.HI/c1-4-23-22(24-11-5-6-12-26-13-7-8-14-26)25-18-20-10-9-19(2)17-21(20)28-16-15-27-3;/h9-10,17H,4-8,11-16,18H2,1-3H3,(H2,23,24,25);1H. The van der Waals surface area contributed by atoms with Crippen LogP contribution in [0.2, 0.25) is 0 Å². The molecule has 0 bridgehead atoms. The summed E-state index contributed by atoms with van der Waals surface area (Å²) in [6.07, 6.45) is 5.13. The molecule has 166 valence electrons. The summed E-state index contributed by atoms with van der Waals surface area (Å²) in [5.74, 6) is 1.76. The number of guanidine groups is 1. The molecule has 7 heteroatoms. The number of aliphatic imine (C=N–C) groups is 1. The van der Waals surface area contributed by atoms with E-state index in [4.69, 9.17) is 14.5 Å². The number of halogens is 1. The topological polar surface area (TPSA) is 58.1 Å². The van der Waals surface area contributed by atoms with Gasteiger partial charge in [-0.1, -0.05) is 12.1 Å². The zero-order valence-corrected chi connectivity index (χ0v) is 20.7. The maximum atomic E-state index is 5.87. The lowest BCUT2D eigenvalue weighted by atomic mass is 10.1. The van der Waals surface area contributed by atoms with Gasteiger partial charge < -0.3 is 25.0 Å². The molecule has 0 atom stereocenters. The fraction of sp³-hybridized carbons (Fsp3) is 0.682. The van der Waals surface area contributed by atoms with E-state index in [9.17, 15) is 0 Å². The van der Waals surface area contributed by atoms with Gasteiger partial charge in [-0.2, -0.15) is 0 Å². The first-order valence-corrected chi connectivity index (χ1v) is 10.7. The molecule has 0 unspecified atom stereocenters. The smallest absolute Gasteiger partial charge is 0.191 e. The Morgan fingerprint density at radius 3 is 2.66 bits per heavy atom. The van der Waals surface area contributed by atoms with Crippen molar-refractivity contribution >= 4 is 29.9 Å². The number of ether oxygens (including phenoxy) is 2. The van der Waals surface area contributed by atoms with Crippen LogP contribution in [0.15, 0.2) is 23.2 Å². The maximum absolute atomic E-state index is 5.87. The zero-order valence-electron chi connectivity index (χ0n) is 18.3. The van der Waals surface area contributed by atoms with Gasteiger partial charge in [0.15, 0.2) is 5.96 Å². The highest BCUT2D eigenvalue weighted by molar-refractivity contribution is 14.0. The van der Waals surface area contributed by atoms with Gasteiger partial charge in [0.05, 0.1) is 13.2 Å². The maximum Gasteiger partial charge on any atom is 0.191 e. The second kappa shape index (κ2) is 15.7. The monoisotopic (exact) mass is 518 g/mol. The summed E-state index contributed by atoms with van der Waals surface area (Å²) in [6.45, 7) is 11.5. The van der Waals surface area contributed by atoms with Crippen LogP contribution in [0, 0.1) is 6.92 Å². The minimum absolute atomic E-state index is 0. The summed E-state index contributed by atoms with van der Waals surface area (Å²) in [5, 5.41) is 6.79. The number of hydrogen-bond acceptors (Lipinski definition) is 4. The first kappa shape index (κ1) is 26.0. The van der Waals surface area contributed by atoms with E-state index >= 15 is 0 Å². The molecule has 0 aliphatic carbocycles. The fourth-order valence-electron chi connectivity index (χ4n) is 3.34. The van der Waals surface area contributed by atoms with E-state index in [0.29, 0.717) is 19.8 Å². The van der Waals surface area contributed by atoms with E-state index in [1.165, 1.54) is 44.5 Å². The quantitative estimate of drug-likeness (QED) is 0.192. The van der Waals surface area contributed by atoms with Crippen LogP contribution in [0.3, 0.4) is 0 Å². The average molecular weight is 518 g/mol. The minimum atomic E-state index is 0. The van der Waals surface area contributed by atoms with Gasteiger partial charge in [0.25, 0.3) is 0 Å². The van der Waals surface area contributed by atoms with Crippen LogP contribution >= 0.6 is 24.0 Å². The van der Waals surface area contributed by atoms with Gasteiger partial charge in [0.2, 0.25) is 0 Å². The molecule has 1 fully saturated rings. The Balaban J connectivity index is 0.00000420. The predicted octanol–water partition coefficient (Wildman–Crippen LogP) is 3.57. The number of hydrogen-bond donors (Lipinski definition) is 2. The van der Waals surface area contributed by atoms with Gasteiger partial charge in [-0.15, -0.1) is 24.0 Å². The normalized spacial score (nSPS) is 14.5. The van der Waals surface area contributed by atoms with Gasteiger partial charge in [-0.25, -0.2) is 4.99 Å². The number of methoxy groups -OCH3 is 1. The molecule has 1 saturated heterocycles. The van der Waals surface area contributed by atoms with Crippen molar-refractivity contribution in [3.8, 4) is 5.75 Å². The molecule has 2 N–H and O–H groups in total. The molecule has 1 aliphatic rings. The van der Waals surface area contributed by atoms with Crippen molar-refractivity contribution in [3.05, 3.63) is 29.3 Å². The van der Waals surface area contributed by atoms with Gasteiger partial charge in [-0.3, -0.25) is 0 Å². The van der Waals surface area contributed by atoms with Crippen molar-refractivity contribution in [2.24, 2.45) is 4.99 Å². The SMILES string of the molecule is CCNC(=NCc1ccc(C)cc1OCCOC)NCCCCN1CCCC1.I. The Hall–Kier alpha value is -1.06. The summed E-state index contributed by atoms with van der Waals surface area (Å²) in [4.78, 5) is 7.32. The molecule has 0 radical (unpaired) electrons. The third kappa shape index (κ3) is 10.5. The van der Waals surface area contributed by atoms with E-state index in [1.807, 2.05) is 0 Å². The molecular formula is C22H39IN4O2. The molecule has 0 aromatic heterocycles. The lowest BCUT2D eigenvalue weighted by molar-refractivity contribution is 0.145. The number of likely N-dealkylation sites (tertiary alicyclic amines) is 1. The summed E-state index contributed by atoms with van der Waals surface area (Å²) in [5.41, 5.74) is 2.27. The lowest BCUT2D eigenvalue weighted by Gasteiger charge is -2.15. The van der Waals surface area contributed by atoms with Gasteiger partial charge in [-0.05, 0) is 70.8 Å². The Labute approximate surface area is 193 Å². The highest BCUT2D eigenvalue weighted by Crippen LogP contribution is 2.21. The summed E-state index contributed by atoms with van der Waals surface area (Å²) in [7, 11) is 1.68. The summed E-state index contributed by atoms with van der Waals surface area (Å²) in [6, 6.07) is 6.27. The Morgan fingerprint density at radius 1 is 1.14 bits per heavy atom. The number of unbranched alkanes of at least 4 members (excludes halogenated alkanes) is 1. The van der Waals surface area contributed by atoms with Crippen LogP contribution in [0.4, 0.5) is 0 Å². The van der Waals surface area contributed by atoms with Crippen molar-refractivity contribution in [2.45, 2.75) is 46.1 Å². The Morgan fingerprint density at radius 2 is 1.93 bits per heavy atom. The molecule has 0 saturated carbocycles. The number of nitrogens with zero attached hydrogens (tertiary/aromatic N) is 2. The molecule has 1 aliphatic heterocycles. The fourth-order valence-corrected chi connectivity index (χ4v) is 3.34. The Kier molecular flexibility index (Phi) is 14.1. The molecule has 0 amide bonds. The van der Waals surface area contributed by atoms with Crippen molar-refractivity contribution < 1.29 is 9.47 Å². The number of rotatable bonds is 12. The first-order valence-electron chi connectivity index (χ1n) is 10.7. The highest BCUT2D eigenvalue weighted by Gasteiger charge is 2.10. The first-order chi connectivity index (χ1) is 13.7. The lowest BCUT2D eigenvalue weighted by Crippen LogP contribution is -2.38. The summed E-state index contributed by atoms with van der Waals surface area (Å²) >= 11 is 0. The number of benzene rings is 1. The van der Waals surface area contributed by atoms with E-state index in [1.54, 1.807) is 7.11 Å². The van der Waals surface area contributed by atoms with Gasteiger partial charge in [0, 0.05) is 25.8 Å². The molecule has 1 aromatic carbocycles. The van der Waals surface area contributed by atoms with Crippen molar-refractivity contribution in [2.75, 3.05) is 53.0 Å². The van der Waals surface area contributed by atoms with Crippen molar-refractivity contribution in [1.82, 2.24) is 15.5 Å². The molecule has 1 heterocycles. The third-order valence-corrected chi connectivity index (χ3v) is 4.91. The average Bonchev–Trinajstić information content (AvgIpc) is 3.20. The number of aryl methyl sites for hydroxylation is 1. The highest BCUT2D eigenvalue weighted by atomic mass is 127. The van der Waals surface area contributed by atoms with Crippen LogP contribution < -0.4 is 15.4 Å². The van der Waals surface area contributed by atoms with E-state index in [2.05, 4.69) is 47.6 Å². The molecule has 6 nitrogen and oxygen atoms in total. The second-order valence-corrected chi connectivity index (χ2v) is 7.33. The van der Waals surface area contributed by atoms with Crippen LogP contribution in [-0.2, 0) is 11.3 Å². The zero-order chi connectivity index (χ0) is 20.0. The largest absolute Gasteiger partial charge is 0.491 e. The molecule has 1 aromatic rings. The van der Waals surface area contributed by atoms with Crippen LogP contribution in [0.1, 0.15) is 43.7 Å². The van der Waals surface area contributed by atoms with E-state index in [-0.39, 0.29) is 24.0 Å². The van der Waals surface area contributed by atoms with Crippen molar-refractivity contribution in [3.63, 3.8) is 0 Å². The Bertz CT molecular complexity index is 592. The van der Waals surface area contributed by atoms with Crippen molar-refractivity contribution in [1.29, 1.82) is 0 Å².